The average Bonchev–Trinajstić information content (AvgIpc) is 3.81. The van der Waals surface area contributed by atoms with E-state index in [-0.39, 0.29) is 0 Å². The largest absolute Gasteiger partial charge is 0.310 e. The molecule has 51 heavy (non-hydrogen) atoms. The zero-order valence-corrected chi connectivity index (χ0v) is 27.9. The summed E-state index contributed by atoms with van der Waals surface area (Å²) in [5.41, 5.74) is 17.1. The summed E-state index contributed by atoms with van der Waals surface area (Å²) in [7, 11) is 0. The van der Waals surface area contributed by atoms with Gasteiger partial charge in [0.05, 0.1) is 22.1 Å². The van der Waals surface area contributed by atoms with Crippen molar-refractivity contribution in [1.82, 2.24) is 4.57 Å². The van der Waals surface area contributed by atoms with Crippen LogP contribution in [0.3, 0.4) is 0 Å². The smallest absolute Gasteiger partial charge is 0.0746 e. The number of fused-ring (bicyclic) bond motifs is 13. The Labute approximate surface area is 297 Å². The molecule has 1 aromatic heterocycles. The normalized spacial score (nSPS) is 13.3. The molecule has 0 saturated heterocycles. The molecular formula is C49H32N2. The molecule has 238 valence electrons. The Morgan fingerprint density at radius 2 is 0.902 bits per heavy atom. The first-order valence-electron chi connectivity index (χ1n) is 17.7. The minimum absolute atomic E-state index is 0.462. The maximum Gasteiger partial charge on any atom is 0.0746 e. The molecule has 2 aliphatic carbocycles. The van der Waals surface area contributed by atoms with Gasteiger partial charge in [0, 0.05) is 33.4 Å². The third kappa shape index (κ3) is 3.76. The maximum absolute atomic E-state index is 2.49. The van der Waals surface area contributed by atoms with Crippen LogP contribution in [0.15, 0.2) is 194 Å². The molecule has 0 unspecified atom stereocenters. The van der Waals surface area contributed by atoms with E-state index in [1.807, 2.05) is 0 Å². The Morgan fingerprint density at radius 3 is 1.59 bits per heavy atom. The molecule has 2 aliphatic rings. The number of para-hydroxylation sites is 3. The van der Waals surface area contributed by atoms with Gasteiger partial charge in [-0.15, -0.1) is 0 Å². The molecule has 1 spiro atoms. The Kier molecular flexibility index (Phi) is 5.91. The minimum atomic E-state index is -0.462. The number of hydrogen-bond donors (Lipinski definition) is 0. The van der Waals surface area contributed by atoms with Crippen molar-refractivity contribution in [1.29, 1.82) is 0 Å². The van der Waals surface area contributed by atoms with Gasteiger partial charge in [0.25, 0.3) is 0 Å². The lowest BCUT2D eigenvalue weighted by Gasteiger charge is -2.35. The van der Waals surface area contributed by atoms with Crippen LogP contribution in [0.1, 0.15) is 22.3 Å². The monoisotopic (exact) mass is 648 g/mol. The van der Waals surface area contributed by atoms with Crippen molar-refractivity contribution in [3.05, 3.63) is 216 Å². The van der Waals surface area contributed by atoms with E-state index >= 15 is 0 Å². The third-order valence-electron chi connectivity index (χ3n) is 11.2. The van der Waals surface area contributed by atoms with E-state index in [2.05, 4.69) is 204 Å². The number of aromatic nitrogens is 1. The second-order valence-corrected chi connectivity index (χ2v) is 13.6. The van der Waals surface area contributed by atoms with Crippen LogP contribution >= 0.6 is 0 Å². The third-order valence-corrected chi connectivity index (χ3v) is 11.2. The van der Waals surface area contributed by atoms with E-state index < -0.39 is 5.41 Å². The van der Waals surface area contributed by atoms with E-state index in [9.17, 15) is 0 Å². The van der Waals surface area contributed by atoms with Crippen LogP contribution in [-0.2, 0) is 5.41 Å². The van der Waals surface area contributed by atoms with Crippen molar-refractivity contribution >= 4 is 38.9 Å². The number of anilines is 3. The highest BCUT2D eigenvalue weighted by atomic mass is 15.1. The molecule has 1 heterocycles. The number of nitrogens with zero attached hydrogens (tertiary/aromatic N) is 2. The summed E-state index contributed by atoms with van der Waals surface area (Å²) >= 11 is 0. The van der Waals surface area contributed by atoms with Crippen LogP contribution in [-0.4, -0.2) is 4.57 Å². The molecule has 0 saturated carbocycles. The van der Waals surface area contributed by atoms with Gasteiger partial charge in [0.1, 0.15) is 0 Å². The summed E-state index contributed by atoms with van der Waals surface area (Å²) in [5, 5.41) is 2.47. The van der Waals surface area contributed by atoms with Gasteiger partial charge in [0.15, 0.2) is 0 Å². The van der Waals surface area contributed by atoms with Gasteiger partial charge < -0.3 is 9.47 Å². The van der Waals surface area contributed by atoms with Crippen LogP contribution in [0.2, 0.25) is 0 Å². The first-order valence-corrected chi connectivity index (χ1v) is 17.7. The Hall–Kier alpha value is -6.64. The van der Waals surface area contributed by atoms with Gasteiger partial charge in [-0.25, -0.2) is 0 Å². The topological polar surface area (TPSA) is 8.17 Å². The van der Waals surface area contributed by atoms with Gasteiger partial charge in [0.2, 0.25) is 0 Å². The Balaban J connectivity index is 1.24. The van der Waals surface area contributed by atoms with Gasteiger partial charge in [-0.2, -0.15) is 0 Å². The highest BCUT2D eigenvalue weighted by Crippen LogP contribution is 2.65. The second kappa shape index (κ2) is 10.7. The van der Waals surface area contributed by atoms with E-state index in [1.54, 1.807) is 0 Å². The maximum atomic E-state index is 2.49. The fourth-order valence-corrected chi connectivity index (χ4v) is 9.28. The van der Waals surface area contributed by atoms with Crippen LogP contribution in [0.25, 0.3) is 49.7 Å². The second-order valence-electron chi connectivity index (χ2n) is 13.6. The van der Waals surface area contributed by atoms with Gasteiger partial charge in [-0.05, 0) is 93.5 Å². The highest BCUT2D eigenvalue weighted by molar-refractivity contribution is 6.11. The lowest BCUT2D eigenvalue weighted by atomic mass is 9.70. The standard InChI is InChI=1S/C49H32N2/c1-3-16-33(17-4-1)50(35-30-31-46-41(32-35)39-23-10-14-28-45(39)51(46)34-18-5-2-6-19-34)47-29-15-24-40-38-22-9-13-27-44(38)49(48(40)47)42-25-11-7-20-36(42)37-21-8-12-26-43(37)49/h1-32H. The molecule has 2 heteroatoms. The van der Waals surface area contributed by atoms with Gasteiger partial charge >= 0.3 is 0 Å². The molecule has 9 aromatic rings. The molecule has 0 atom stereocenters. The summed E-state index contributed by atoms with van der Waals surface area (Å²) in [6.45, 7) is 0. The first-order chi connectivity index (χ1) is 25.3. The molecule has 0 bridgehead atoms. The molecule has 0 radical (unpaired) electrons. The molecule has 0 fully saturated rings. The zero-order valence-electron chi connectivity index (χ0n) is 27.9. The van der Waals surface area contributed by atoms with Crippen molar-refractivity contribution in [2.45, 2.75) is 5.41 Å². The van der Waals surface area contributed by atoms with E-state index in [1.165, 1.54) is 72.0 Å². The summed E-state index contributed by atoms with van der Waals surface area (Å²) in [5.74, 6) is 0. The van der Waals surface area contributed by atoms with Gasteiger partial charge in [-0.1, -0.05) is 140 Å². The van der Waals surface area contributed by atoms with Crippen LogP contribution < -0.4 is 4.90 Å². The number of rotatable bonds is 4. The molecule has 0 N–H and O–H groups in total. The Morgan fingerprint density at radius 1 is 0.373 bits per heavy atom. The fraction of sp³-hybridized carbons (Fsp3) is 0.0204. The van der Waals surface area contributed by atoms with Crippen LogP contribution in [0.4, 0.5) is 17.1 Å². The zero-order chi connectivity index (χ0) is 33.5. The quantitative estimate of drug-likeness (QED) is 0.184. The summed E-state index contributed by atoms with van der Waals surface area (Å²) in [6.07, 6.45) is 0. The molecule has 11 rings (SSSR count). The molecular weight excluding hydrogens is 617 g/mol. The van der Waals surface area contributed by atoms with Gasteiger partial charge in [-0.3, -0.25) is 0 Å². The SMILES string of the molecule is c1ccc(N(c2ccc3c(c2)c2ccccc2n3-c2ccccc2)c2cccc3c2C2(c4ccccc4-c4ccccc42)c2ccccc2-3)cc1. The summed E-state index contributed by atoms with van der Waals surface area (Å²) in [4.78, 5) is 2.49. The fourth-order valence-electron chi connectivity index (χ4n) is 9.28. The first kappa shape index (κ1) is 28.2. The Bertz CT molecular complexity index is 2750. The summed E-state index contributed by atoms with van der Waals surface area (Å²) < 4.78 is 2.39. The molecule has 0 aliphatic heterocycles. The highest BCUT2D eigenvalue weighted by Gasteiger charge is 2.53. The van der Waals surface area contributed by atoms with Crippen LogP contribution in [0.5, 0.6) is 0 Å². The number of hydrogen-bond acceptors (Lipinski definition) is 1. The molecule has 8 aromatic carbocycles. The van der Waals surface area contributed by atoms with Crippen molar-refractivity contribution in [3.63, 3.8) is 0 Å². The van der Waals surface area contributed by atoms with Crippen LogP contribution in [0, 0.1) is 0 Å². The summed E-state index contributed by atoms with van der Waals surface area (Å²) in [6, 6.07) is 71.4. The van der Waals surface area contributed by atoms with Crippen molar-refractivity contribution in [3.8, 4) is 27.9 Å². The minimum Gasteiger partial charge on any atom is -0.310 e. The lowest BCUT2D eigenvalue weighted by molar-refractivity contribution is 0.793. The molecule has 0 amide bonds. The van der Waals surface area contributed by atoms with E-state index in [0.29, 0.717) is 0 Å². The predicted molar refractivity (Wildman–Crippen MR) is 212 cm³/mol. The molecule has 2 nitrogen and oxygen atoms in total. The lowest BCUT2D eigenvalue weighted by Crippen LogP contribution is -2.28. The van der Waals surface area contributed by atoms with E-state index in [4.69, 9.17) is 0 Å². The van der Waals surface area contributed by atoms with Crippen molar-refractivity contribution < 1.29 is 0 Å². The van der Waals surface area contributed by atoms with Crippen molar-refractivity contribution in [2.24, 2.45) is 0 Å². The van der Waals surface area contributed by atoms with E-state index in [0.717, 1.165) is 17.1 Å². The predicted octanol–water partition coefficient (Wildman–Crippen LogP) is 12.6. The average molecular weight is 649 g/mol. The number of benzene rings is 8. The van der Waals surface area contributed by atoms with Crippen molar-refractivity contribution in [2.75, 3.05) is 4.90 Å².